The molecule has 0 radical (unpaired) electrons. The molecular weight excluding hydrogens is 303 g/mol. The second kappa shape index (κ2) is 5.65. The molecule has 1 heterocycles. The molecule has 3 rings (SSSR count). The molecule has 0 aliphatic rings. The highest BCUT2D eigenvalue weighted by Gasteiger charge is 2.14. The van der Waals surface area contributed by atoms with E-state index in [0.717, 1.165) is 16.1 Å². The van der Waals surface area contributed by atoms with Gasteiger partial charge in [0, 0.05) is 28.1 Å². The largest absolute Gasteiger partial charge is 0.270 e. The van der Waals surface area contributed by atoms with Gasteiger partial charge < -0.3 is 0 Å². The molecule has 0 amide bonds. The predicted octanol–water partition coefficient (Wildman–Crippen LogP) is 4.83. The van der Waals surface area contributed by atoms with Crippen LogP contribution in [-0.4, -0.2) is 9.91 Å². The Labute approximate surface area is 130 Å². The lowest BCUT2D eigenvalue weighted by atomic mass is 10.1. The lowest BCUT2D eigenvalue weighted by Gasteiger charge is -1.98. The van der Waals surface area contributed by atoms with E-state index < -0.39 is 4.92 Å². The van der Waals surface area contributed by atoms with E-state index in [4.69, 9.17) is 0 Å². The first-order chi connectivity index (χ1) is 10.5. The Kier molecular flexibility index (Phi) is 3.68. The van der Waals surface area contributed by atoms with Gasteiger partial charge in [-0.3, -0.25) is 10.1 Å². The Bertz CT molecular complexity index is 844. The van der Waals surface area contributed by atoms with Gasteiger partial charge in [0.1, 0.15) is 10.8 Å². The maximum atomic E-state index is 13.0. The molecular formula is C16H11FN2O2S. The highest BCUT2D eigenvalue weighted by atomic mass is 32.1. The molecule has 0 unspecified atom stereocenters. The smallest absolute Gasteiger partial charge is 0.258 e. The van der Waals surface area contributed by atoms with Crippen molar-refractivity contribution in [1.29, 1.82) is 0 Å². The van der Waals surface area contributed by atoms with E-state index in [9.17, 15) is 14.5 Å². The van der Waals surface area contributed by atoms with Crippen molar-refractivity contribution in [3.8, 4) is 21.8 Å². The van der Waals surface area contributed by atoms with Crippen LogP contribution >= 0.6 is 11.3 Å². The summed E-state index contributed by atoms with van der Waals surface area (Å²) < 4.78 is 13.0. The first kappa shape index (κ1) is 14.3. The van der Waals surface area contributed by atoms with Gasteiger partial charge in [-0.25, -0.2) is 9.37 Å². The number of aryl methyl sites for hydroxylation is 1. The van der Waals surface area contributed by atoms with E-state index in [-0.39, 0.29) is 11.5 Å². The average molecular weight is 314 g/mol. The summed E-state index contributed by atoms with van der Waals surface area (Å²) in [6.07, 6.45) is 0. The number of non-ortho nitro benzene ring substituents is 1. The number of halogens is 1. The van der Waals surface area contributed by atoms with Crippen molar-refractivity contribution >= 4 is 17.0 Å². The van der Waals surface area contributed by atoms with E-state index in [1.165, 1.54) is 35.6 Å². The highest BCUT2D eigenvalue weighted by Crippen LogP contribution is 2.34. The molecule has 4 nitrogen and oxygen atoms in total. The topological polar surface area (TPSA) is 56.0 Å². The van der Waals surface area contributed by atoms with Crippen molar-refractivity contribution < 1.29 is 9.31 Å². The van der Waals surface area contributed by atoms with Gasteiger partial charge in [-0.1, -0.05) is 12.1 Å². The summed E-state index contributed by atoms with van der Waals surface area (Å²) >= 11 is 1.46. The molecule has 0 saturated heterocycles. The van der Waals surface area contributed by atoms with E-state index >= 15 is 0 Å². The van der Waals surface area contributed by atoms with Crippen LogP contribution in [0.2, 0.25) is 0 Å². The van der Waals surface area contributed by atoms with Gasteiger partial charge in [0.2, 0.25) is 0 Å². The molecule has 6 heteroatoms. The Hall–Kier alpha value is -2.60. The fraction of sp³-hybridized carbons (Fsp3) is 0.0625. The maximum Gasteiger partial charge on any atom is 0.270 e. The van der Waals surface area contributed by atoms with Crippen LogP contribution in [-0.2, 0) is 0 Å². The van der Waals surface area contributed by atoms with Gasteiger partial charge in [0.15, 0.2) is 0 Å². The van der Waals surface area contributed by atoms with Gasteiger partial charge in [-0.2, -0.15) is 0 Å². The third kappa shape index (κ3) is 2.73. The summed E-state index contributed by atoms with van der Waals surface area (Å²) in [5, 5.41) is 11.6. The summed E-state index contributed by atoms with van der Waals surface area (Å²) in [6.45, 7) is 1.93. The second-order valence-electron chi connectivity index (χ2n) is 4.74. The van der Waals surface area contributed by atoms with Crippen LogP contribution in [0, 0.1) is 22.9 Å². The number of nitro groups is 1. The molecule has 0 aliphatic carbocycles. The van der Waals surface area contributed by atoms with Crippen molar-refractivity contribution in [2.75, 3.05) is 0 Å². The molecule has 0 saturated carbocycles. The van der Waals surface area contributed by atoms with Crippen LogP contribution in [0.25, 0.3) is 21.8 Å². The molecule has 0 bridgehead atoms. The number of aromatic nitrogens is 1. The molecule has 0 spiro atoms. The van der Waals surface area contributed by atoms with Crippen LogP contribution < -0.4 is 0 Å². The lowest BCUT2D eigenvalue weighted by molar-refractivity contribution is -0.384. The number of thiazole rings is 1. The van der Waals surface area contributed by atoms with Gasteiger partial charge >= 0.3 is 0 Å². The summed E-state index contributed by atoms with van der Waals surface area (Å²) in [7, 11) is 0. The molecule has 110 valence electrons. The SMILES string of the molecule is Cc1sc(-c2cccc([N+](=O)[O-])c2)nc1-c1ccc(F)cc1. The second-order valence-corrected chi connectivity index (χ2v) is 5.94. The van der Waals surface area contributed by atoms with Crippen molar-refractivity contribution in [3.05, 3.63) is 69.3 Å². The first-order valence-electron chi connectivity index (χ1n) is 6.53. The molecule has 0 N–H and O–H groups in total. The number of hydrogen-bond donors (Lipinski definition) is 0. The number of nitro benzene ring substituents is 1. The minimum atomic E-state index is -0.426. The Balaban J connectivity index is 2.04. The van der Waals surface area contributed by atoms with Gasteiger partial charge in [0.05, 0.1) is 10.6 Å². The molecule has 22 heavy (non-hydrogen) atoms. The van der Waals surface area contributed by atoms with Crippen LogP contribution in [0.5, 0.6) is 0 Å². The van der Waals surface area contributed by atoms with E-state index in [2.05, 4.69) is 4.98 Å². The number of benzene rings is 2. The molecule has 1 aromatic heterocycles. The standard InChI is InChI=1S/C16H11FN2O2S/c1-10-15(11-5-7-13(17)8-6-11)18-16(22-10)12-3-2-4-14(9-12)19(20)21/h2-9H,1H3. The minimum Gasteiger partial charge on any atom is -0.258 e. The maximum absolute atomic E-state index is 13.0. The Morgan fingerprint density at radius 1 is 1.14 bits per heavy atom. The summed E-state index contributed by atoms with van der Waals surface area (Å²) in [5.41, 5.74) is 2.34. The molecule has 0 atom stereocenters. The number of hydrogen-bond acceptors (Lipinski definition) is 4. The summed E-state index contributed by atoms with van der Waals surface area (Å²) in [4.78, 5) is 16.0. The van der Waals surface area contributed by atoms with Crippen LogP contribution in [0.3, 0.4) is 0 Å². The van der Waals surface area contributed by atoms with Crippen LogP contribution in [0.15, 0.2) is 48.5 Å². The fourth-order valence-electron chi connectivity index (χ4n) is 2.15. The Morgan fingerprint density at radius 2 is 1.86 bits per heavy atom. The van der Waals surface area contributed by atoms with Crippen molar-refractivity contribution in [1.82, 2.24) is 4.98 Å². The van der Waals surface area contributed by atoms with Gasteiger partial charge in [0.25, 0.3) is 5.69 Å². The quantitative estimate of drug-likeness (QED) is 0.514. The fourth-order valence-corrected chi connectivity index (χ4v) is 3.08. The normalized spacial score (nSPS) is 10.6. The van der Waals surface area contributed by atoms with E-state index in [0.29, 0.717) is 10.6 Å². The van der Waals surface area contributed by atoms with Crippen molar-refractivity contribution in [2.24, 2.45) is 0 Å². The zero-order valence-corrected chi connectivity index (χ0v) is 12.4. The summed E-state index contributed by atoms with van der Waals surface area (Å²) in [5.74, 6) is -0.296. The van der Waals surface area contributed by atoms with Crippen molar-refractivity contribution in [2.45, 2.75) is 6.92 Å². The monoisotopic (exact) mass is 314 g/mol. The predicted molar refractivity (Wildman–Crippen MR) is 84.3 cm³/mol. The zero-order chi connectivity index (χ0) is 15.7. The lowest BCUT2D eigenvalue weighted by Crippen LogP contribution is -1.88. The Morgan fingerprint density at radius 3 is 2.55 bits per heavy atom. The minimum absolute atomic E-state index is 0.0358. The van der Waals surface area contributed by atoms with Crippen LogP contribution in [0.1, 0.15) is 4.88 Å². The zero-order valence-electron chi connectivity index (χ0n) is 11.6. The summed E-state index contributed by atoms with van der Waals surface area (Å²) in [6, 6.07) is 12.5. The first-order valence-corrected chi connectivity index (χ1v) is 7.34. The van der Waals surface area contributed by atoms with Gasteiger partial charge in [-0.15, -0.1) is 11.3 Å². The third-order valence-corrected chi connectivity index (χ3v) is 4.24. The average Bonchev–Trinajstić information content (AvgIpc) is 2.90. The van der Waals surface area contributed by atoms with E-state index in [1.54, 1.807) is 24.3 Å². The van der Waals surface area contributed by atoms with Crippen LogP contribution in [0.4, 0.5) is 10.1 Å². The number of rotatable bonds is 3. The van der Waals surface area contributed by atoms with Gasteiger partial charge in [-0.05, 0) is 31.2 Å². The molecule has 0 aliphatic heterocycles. The molecule has 3 aromatic rings. The van der Waals surface area contributed by atoms with Crippen molar-refractivity contribution in [3.63, 3.8) is 0 Å². The molecule has 2 aromatic carbocycles. The van der Waals surface area contributed by atoms with E-state index in [1.807, 2.05) is 6.92 Å². The molecule has 0 fully saturated rings. The number of nitrogens with zero attached hydrogens (tertiary/aromatic N) is 2. The highest BCUT2D eigenvalue weighted by molar-refractivity contribution is 7.15. The third-order valence-electron chi connectivity index (χ3n) is 3.22.